The number of benzene rings is 2. The molecule has 0 bridgehead atoms. The van der Waals surface area contributed by atoms with Gasteiger partial charge >= 0.3 is 0 Å². The highest BCUT2D eigenvalue weighted by Crippen LogP contribution is 2.48. The van der Waals surface area contributed by atoms with Crippen LogP contribution in [0.3, 0.4) is 0 Å². The molecule has 40 heavy (non-hydrogen) atoms. The third-order valence-electron chi connectivity index (χ3n) is 7.94. The van der Waals surface area contributed by atoms with Crippen LogP contribution in [0, 0.1) is 0 Å². The van der Waals surface area contributed by atoms with E-state index in [-0.39, 0.29) is 29.2 Å². The minimum Gasteiger partial charge on any atom is -0.495 e. The third-order valence-corrected chi connectivity index (χ3v) is 9.21. The number of nitrogens with zero attached hydrogens (tertiary/aromatic N) is 2. The minimum absolute atomic E-state index is 0.0392. The molecule has 2 aliphatic rings. The lowest BCUT2D eigenvalue weighted by molar-refractivity contribution is -0.113. The van der Waals surface area contributed by atoms with E-state index >= 15 is 0 Å². The Bertz CT molecular complexity index is 1610. The van der Waals surface area contributed by atoms with Crippen molar-refractivity contribution < 1.29 is 13.9 Å². The number of carbonyl (C=O) groups is 1. The van der Waals surface area contributed by atoms with Gasteiger partial charge in [-0.2, -0.15) is 0 Å². The van der Waals surface area contributed by atoms with Crippen molar-refractivity contribution in [2.24, 2.45) is 0 Å². The van der Waals surface area contributed by atoms with Crippen LogP contribution < -0.4 is 15.6 Å². The molecule has 1 spiro atoms. The van der Waals surface area contributed by atoms with Crippen molar-refractivity contribution in [3.05, 3.63) is 93.1 Å². The number of furan rings is 1. The van der Waals surface area contributed by atoms with Gasteiger partial charge in [0.25, 0.3) is 5.56 Å². The molecule has 0 unspecified atom stereocenters. The predicted octanol–water partition coefficient (Wildman–Crippen LogP) is 6.70. The fourth-order valence-electron chi connectivity index (χ4n) is 6.10. The number of hydrogen-bond donors (Lipinski definition) is 1. The Labute approximate surface area is 241 Å². The van der Waals surface area contributed by atoms with Crippen molar-refractivity contribution in [1.82, 2.24) is 9.55 Å². The normalized spacial score (nSPS) is 15.3. The fourth-order valence-corrected chi connectivity index (χ4v) is 7.15. The van der Waals surface area contributed by atoms with Crippen molar-refractivity contribution in [3.8, 4) is 17.0 Å². The van der Waals surface area contributed by atoms with E-state index in [1.165, 1.54) is 23.7 Å². The molecule has 206 valence electrons. The predicted molar refractivity (Wildman–Crippen MR) is 158 cm³/mol. The highest BCUT2D eigenvalue weighted by atomic mass is 35.5. The first-order valence-corrected chi connectivity index (χ1v) is 14.9. The third kappa shape index (κ3) is 5.06. The SMILES string of the molecule is COc1ccc(NC(=O)CSc2nc3c(c(=O)n2Cc2ccco2)C2(CCCCC2)Cc2ccccc2-3)cc1Cl. The standard InChI is InChI=1S/C31H30ClN3O4S/c1-38-25-12-11-21(16-24(25)32)33-26(36)19-40-30-34-28-23-10-4-3-8-20(23)17-31(13-5-2-6-14-31)27(28)29(37)35(30)18-22-9-7-15-39-22/h3-4,7-12,15-16H,2,5-6,13-14,17-19H2,1H3,(H,33,36). The molecule has 4 aromatic rings. The molecular weight excluding hydrogens is 546 g/mol. The smallest absolute Gasteiger partial charge is 0.258 e. The molecule has 2 aromatic carbocycles. The van der Waals surface area contributed by atoms with Gasteiger partial charge in [-0.25, -0.2) is 4.98 Å². The van der Waals surface area contributed by atoms with Crippen LogP contribution in [0.4, 0.5) is 5.69 Å². The first-order chi connectivity index (χ1) is 19.5. The van der Waals surface area contributed by atoms with Crippen molar-refractivity contribution in [3.63, 3.8) is 0 Å². The van der Waals surface area contributed by atoms with Crippen molar-refractivity contribution >= 4 is 35.0 Å². The summed E-state index contributed by atoms with van der Waals surface area (Å²) < 4.78 is 12.5. The zero-order chi connectivity index (χ0) is 27.7. The Morgan fingerprint density at radius 1 is 1.15 bits per heavy atom. The van der Waals surface area contributed by atoms with Gasteiger partial charge in [0, 0.05) is 16.7 Å². The number of fused-ring (bicyclic) bond motifs is 4. The van der Waals surface area contributed by atoms with Gasteiger partial charge in [0.15, 0.2) is 5.16 Å². The molecule has 1 amide bonds. The molecule has 0 aliphatic heterocycles. The van der Waals surface area contributed by atoms with Gasteiger partial charge in [0.05, 0.1) is 42.0 Å². The zero-order valence-electron chi connectivity index (χ0n) is 22.2. The fraction of sp³-hybridized carbons (Fsp3) is 0.323. The Morgan fingerprint density at radius 3 is 2.73 bits per heavy atom. The number of thioether (sulfide) groups is 1. The monoisotopic (exact) mass is 575 g/mol. The van der Waals surface area contributed by atoms with Crippen molar-refractivity contribution in [2.45, 2.75) is 55.6 Å². The van der Waals surface area contributed by atoms with Crippen LogP contribution in [-0.4, -0.2) is 28.3 Å². The number of amides is 1. The number of halogens is 1. The largest absolute Gasteiger partial charge is 0.495 e. The number of ether oxygens (including phenoxy) is 1. The lowest BCUT2D eigenvalue weighted by Crippen LogP contribution is -2.43. The maximum atomic E-state index is 14.4. The van der Waals surface area contributed by atoms with Gasteiger partial charge in [-0.1, -0.05) is 66.9 Å². The van der Waals surface area contributed by atoms with Crippen LogP contribution in [0.15, 0.2) is 75.2 Å². The van der Waals surface area contributed by atoms with E-state index < -0.39 is 0 Å². The molecule has 0 saturated heterocycles. The number of rotatable bonds is 7. The first-order valence-electron chi connectivity index (χ1n) is 13.5. The second-order valence-corrected chi connectivity index (χ2v) is 11.8. The maximum Gasteiger partial charge on any atom is 0.258 e. The van der Waals surface area contributed by atoms with Crippen LogP contribution in [0.25, 0.3) is 11.3 Å². The number of methoxy groups -OCH3 is 1. The number of nitrogens with one attached hydrogen (secondary N) is 1. The van der Waals surface area contributed by atoms with Crippen molar-refractivity contribution in [1.29, 1.82) is 0 Å². The Hall–Kier alpha value is -3.49. The van der Waals surface area contributed by atoms with Gasteiger partial charge in [-0.15, -0.1) is 0 Å². The van der Waals surface area contributed by atoms with E-state index in [1.54, 1.807) is 36.1 Å². The van der Waals surface area contributed by atoms with E-state index in [0.717, 1.165) is 48.9 Å². The molecule has 9 heteroatoms. The molecule has 1 N–H and O–H groups in total. The van der Waals surface area contributed by atoms with E-state index in [9.17, 15) is 9.59 Å². The summed E-state index contributed by atoms with van der Waals surface area (Å²) in [7, 11) is 1.54. The Morgan fingerprint density at radius 2 is 1.98 bits per heavy atom. The van der Waals surface area contributed by atoms with Crippen molar-refractivity contribution in [2.75, 3.05) is 18.2 Å². The summed E-state index contributed by atoms with van der Waals surface area (Å²) in [5.41, 5.74) is 4.13. The average Bonchev–Trinajstić information content (AvgIpc) is 3.47. The Kier molecular flexibility index (Phi) is 7.47. The minimum atomic E-state index is -0.230. The Balaban J connectivity index is 1.38. The number of anilines is 1. The van der Waals surface area contributed by atoms with Crippen LogP contribution in [0.2, 0.25) is 5.02 Å². The summed E-state index contributed by atoms with van der Waals surface area (Å²) in [5, 5.41) is 3.78. The summed E-state index contributed by atoms with van der Waals surface area (Å²) in [4.78, 5) is 32.5. The summed E-state index contributed by atoms with van der Waals surface area (Å²) in [6.45, 7) is 0.252. The van der Waals surface area contributed by atoms with Gasteiger partial charge in [0.1, 0.15) is 11.5 Å². The van der Waals surface area contributed by atoms with E-state index in [0.29, 0.717) is 27.4 Å². The number of carbonyl (C=O) groups excluding carboxylic acids is 1. The summed E-state index contributed by atoms with van der Waals surface area (Å²) in [5.74, 6) is 1.04. The van der Waals surface area contributed by atoms with E-state index in [2.05, 4.69) is 23.5 Å². The molecule has 1 fully saturated rings. The number of hydrogen-bond acceptors (Lipinski definition) is 6. The topological polar surface area (TPSA) is 86.4 Å². The molecule has 2 heterocycles. The molecule has 2 aliphatic carbocycles. The first kappa shape index (κ1) is 26.7. The lowest BCUT2D eigenvalue weighted by atomic mass is 9.62. The molecule has 0 atom stereocenters. The van der Waals surface area contributed by atoms with Gasteiger partial charge in [-0.3, -0.25) is 14.2 Å². The summed E-state index contributed by atoms with van der Waals surface area (Å²) in [6, 6.07) is 17.0. The average molecular weight is 576 g/mol. The molecule has 1 saturated carbocycles. The highest BCUT2D eigenvalue weighted by molar-refractivity contribution is 7.99. The van der Waals surface area contributed by atoms with Crippen LogP contribution >= 0.6 is 23.4 Å². The molecule has 6 rings (SSSR count). The second-order valence-electron chi connectivity index (χ2n) is 10.4. The van der Waals surface area contributed by atoms with Crippen LogP contribution in [0.5, 0.6) is 5.75 Å². The quantitative estimate of drug-likeness (QED) is 0.195. The van der Waals surface area contributed by atoms with Gasteiger partial charge in [-0.05, 0) is 55.2 Å². The van der Waals surface area contributed by atoms with E-state index in [1.807, 2.05) is 18.2 Å². The van der Waals surface area contributed by atoms with Crippen LogP contribution in [-0.2, 0) is 23.2 Å². The molecule has 2 aromatic heterocycles. The van der Waals surface area contributed by atoms with Gasteiger partial charge < -0.3 is 14.5 Å². The summed E-state index contributed by atoms with van der Waals surface area (Å²) >= 11 is 7.47. The molecule has 7 nitrogen and oxygen atoms in total. The molecular formula is C31H30ClN3O4S. The molecule has 0 radical (unpaired) electrons. The zero-order valence-corrected chi connectivity index (χ0v) is 23.8. The van der Waals surface area contributed by atoms with Gasteiger partial charge in [0.2, 0.25) is 5.91 Å². The second kappa shape index (κ2) is 11.2. The lowest BCUT2D eigenvalue weighted by Gasteiger charge is -2.42. The maximum absolute atomic E-state index is 14.4. The van der Waals surface area contributed by atoms with Crippen LogP contribution in [0.1, 0.15) is 49.0 Å². The number of aromatic nitrogens is 2. The van der Waals surface area contributed by atoms with E-state index in [4.69, 9.17) is 25.7 Å². The highest BCUT2D eigenvalue weighted by Gasteiger charge is 2.43. The summed E-state index contributed by atoms with van der Waals surface area (Å²) in [6.07, 6.45) is 7.81.